The monoisotopic (exact) mass is 145 g/mol. The third-order valence-electron chi connectivity index (χ3n) is 0.114. The summed E-state index contributed by atoms with van der Waals surface area (Å²) in [5.74, 6) is 0. The maximum Gasteiger partial charge on any atom is -0.0410 e. The van der Waals surface area contributed by atoms with Crippen LogP contribution in [0.5, 0.6) is 0 Å². The summed E-state index contributed by atoms with van der Waals surface area (Å²) in [6, 6.07) is 0. The molecule has 0 aliphatic heterocycles. The molecule has 5 nitrogen and oxygen atoms in total. The molecule has 44 valence electrons. The van der Waals surface area contributed by atoms with Crippen molar-refractivity contribution in [1.82, 2.24) is 0 Å². The highest BCUT2D eigenvalue weighted by atomic mass is 32.8. The summed E-state index contributed by atoms with van der Waals surface area (Å²) in [5.41, 5.74) is 0. The van der Waals surface area contributed by atoms with E-state index in [9.17, 15) is 4.21 Å². The average molecular weight is 145 g/mol. The Balaban J connectivity index is 2.98. The molecule has 7 heavy (non-hydrogen) atoms. The van der Waals surface area contributed by atoms with Crippen molar-refractivity contribution in [3.63, 3.8) is 0 Å². The summed E-state index contributed by atoms with van der Waals surface area (Å²) in [5, 5.41) is 13.4. The second-order valence-corrected chi connectivity index (χ2v) is 1.78. The zero-order valence-electron chi connectivity index (χ0n) is 2.90. The highest BCUT2D eigenvalue weighted by Gasteiger charge is 1.68. The molecule has 0 aromatic heterocycles. The van der Waals surface area contributed by atoms with Crippen molar-refractivity contribution < 1.29 is 23.9 Å². The Morgan fingerprint density at radius 3 is 2.43 bits per heavy atom. The molecule has 0 aliphatic carbocycles. The molecule has 1 N–H and O–H groups in total. The SMILES string of the molecule is O=[S-](=S)OOOO. The number of hydrogen-bond acceptors (Lipinski definition) is 7. The highest BCUT2D eigenvalue weighted by Crippen LogP contribution is 1.74. The topological polar surface area (TPSA) is 65.0 Å². The summed E-state index contributed by atoms with van der Waals surface area (Å²) in [6.07, 6.45) is 0. The minimum absolute atomic E-state index is 1.99. The van der Waals surface area contributed by atoms with Crippen molar-refractivity contribution in [1.29, 1.82) is 0 Å². The van der Waals surface area contributed by atoms with Crippen LogP contribution in [0.1, 0.15) is 0 Å². The molecule has 0 aliphatic rings. The van der Waals surface area contributed by atoms with Crippen LogP contribution in [0.15, 0.2) is 0 Å². The first-order valence-electron chi connectivity index (χ1n) is 1.02. The summed E-state index contributed by atoms with van der Waals surface area (Å²) < 4.78 is 13.1. The van der Waals surface area contributed by atoms with Gasteiger partial charge in [0.25, 0.3) is 0 Å². The third kappa shape index (κ3) is 6.21. The van der Waals surface area contributed by atoms with Gasteiger partial charge in [-0.3, -0.25) is 4.33 Å². The Labute approximate surface area is 45.5 Å². The molecule has 0 saturated carbocycles. The van der Waals surface area contributed by atoms with E-state index < -0.39 is 9.64 Å². The van der Waals surface area contributed by atoms with Crippen molar-refractivity contribution in [2.75, 3.05) is 0 Å². The van der Waals surface area contributed by atoms with E-state index in [0.29, 0.717) is 0 Å². The van der Waals surface area contributed by atoms with Crippen molar-refractivity contribution in [2.45, 2.75) is 0 Å². The Bertz CT molecular complexity index is 84.3. The molecule has 0 rings (SSSR count). The molecule has 0 saturated heterocycles. The molecule has 0 spiro atoms. The van der Waals surface area contributed by atoms with Crippen molar-refractivity contribution >= 4 is 20.8 Å². The van der Waals surface area contributed by atoms with Crippen LogP contribution in [0.3, 0.4) is 0 Å². The molecule has 0 aromatic carbocycles. The largest absolute Gasteiger partial charge is 0.422 e. The van der Waals surface area contributed by atoms with Gasteiger partial charge in [-0.25, -0.2) is 16.4 Å². The smallest absolute Gasteiger partial charge is 0.0410 e. The van der Waals surface area contributed by atoms with Gasteiger partial charge in [-0.2, -0.15) is 0 Å². The molecule has 0 radical (unpaired) electrons. The minimum atomic E-state index is -1.99. The van der Waals surface area contributed by atoms with Crippen LogP contribution in [-0.4, -0.2) is 5.26 Å². The molecule has 0 unspecified atom stereocenters. The van der Waals surface area contributed by atoms with Crippen LogP contribution >= 0.6 is 0 Å². The third-order valence-corrected chi connectivity index (χ3v) is 0.447. The van der Waals surface area contributed by atoms with Gasteiger partial charge in [-0.05, 0) is 5.04 Å². The summed E-state index contributed by atoms with van der Waals surface area (Å²) >= 11 is 3.88. The predicted octanol–water partition coefficient (Wildman–Crippen LogP) is -0.320. The maximum atomic E-state index is 9.59. The Morgan fingerprint density at radius 2 is 2.29 bits per heavy atom. The van der Waals surface area contributed by atoms with Gasteiger partial charge in [0.1, 0.15) is 0 Å². The first-order chi connectivity index (χ1) is 3.27. The number of rotatable bonds is 3. The molecular formula is HO5S2-. The van der Waals surface area contributed by atoms with Crippen LogP contribution < -0.4 is 0 Å². The Morgan fingerprint density at radius 1 is 1.71 bits per heavy atom. The molecule has 0 fully saturated rings. The zero-order valence-corrected chi connectivity index (χ0v) is 4.53. The fourth-order valence-electron chi connectivity index (χ4n) is 0.0351. The van der Waals surface area contributed by atoms with Crippen LogP contribution in [0, 0.1) is 0 Å². The van der Waals surface area contributed by atoms with E-state index in [2.05, 4.69) is 25.6 Å². The fraction of sp³-hybridized carbons (Fsp3) is 0. The lowest BCUT2D eigenvalue weighted by molar-refractivity contribution is -0.592. The van der Waals surface area contributed by atoms with Gasteiger partial charge in [-0.1, -0.05) is 14.7 Å². The van der Waals surface area contributed by atoms with E-state index in [4.69, 9.17) is 5.26 Å². The van der Waals surface area contributed by atoms with Gasteiger partial charge in [0.2, 0.25) is 0 Å². The molecule has 7 heteroatoms. The molecule has 0 atom stereocenters. The summed E-state index contributed by atoms with van der Waals surface area (Å²) in [7, 11) is -1.99. The summed E-state index contributed by atoms with van der Waals surface area (Å²) in [4.78, 5) is 0. The number of hydrogen-bond donors (Lipinski definition) is 1. The Kier molecular flexibility index (Phi) is 4.50. The standard InChI is InChI=1S/HO5S2/c1-3-4-5-7(2)6/h1H/q-1. The van der Waals surface area contributed by atoms with Gasteiger partial charge in [-0.15, -0.1) is 0 Å². The lowest BCUT2D eigenvalue weighted by Gasteiger charge is -1.94. The molecule has 0 heterocycles. The Hall–Kier alpha value is 0.210. The highest BCUT2D eigenvalue weighted by molar-refractivity contribution is 8.19. The van der Waals surface area contributed by atoms with Gasteiger partial charge < -0.3 is 4.21 Å². The lowest BCUT2D eigenvalue weighted by atomic mass is 14.4. The molecule has 0 bridgehead atoms. The van der Waals surface area contributed by atoms with Crippen LogP contribution in [-0.2, 0) is 39.4 Å². The quantitative estimate of drug-likeness (QED) is 0.333. The van der Waals surface area contributed by atoms with E-state index >= 15 is 0 Å². The van der Waals surface area contributed by atoms with Gasteiger partial charge in [0.15, 0.2) is 0 Å². The maximum absolute atomic E-state index is 9.59. The molecular weight excluding hydrogens is 144 g/mol. The normalized spacial score (nSPS) is 10.0. The van der Waals surface area contributed by atoms with Crippen LogP contribution in [0.2, 0.25) is 0 Å². The summed E-state index contributed by atoms with van der Waals surface area (Å²) in [6.45, 7) is 0. The van der Waals surface area contributed by atoms with Crippen molar-refractivity contribution in [2.24, 2.45) is 0 Å². The fourth-order valence-corrected chi connectivity index (χ4v) is 0.173. The molecule has 0 amide bonds. The van der Waals surface area contributed by atoms with Gasteiger partial charge in [0.05, 0.1) is 0 Å². The first-order valence-corrected chi connectivity index (χ1v) is 3.02. The van der Waals surface area contributed by atoms with E-state index in [0.717, 1.165) is 0 Å². The van der Waals surface area contributed by atoms with Crippen molar-refractivity contribution in [3.8, 4) is 0 Å². The zero-order chi connectivity index (χ0) is 5.70. The van der Waals surface area contributed by atoms with Gasteiger partial charge in [0, 0.05) is 0 Å². The predicted molar refractivity (Wildman–Crippen MR) is 21.3 cm³/mol. The van der Waals surface area contributed by atoms with Crippen molar-refractivity contribution in [3.05, 3.63) is 0 Å². The first kappa shape index (κ1) is 7.21. The lowest BCUT2D eigenvalue weighted by Crippen LogP contribution is -1.87. The van der Waals surface area contributed by atoms with E-state index in [-0.39, 0.29) is 0 Å². The van der Waals surface area contributed by atoms with E-state index in [1.807, 2.05) is 0 Å². The van der Waals surface area contributed by atoms with Gasteiger partial charge >= 0.3 is 0 Å². The van der Waals surface area contributed by atoms with Crippen LogP contribution in [0.4, 0.5) is 0 Å². The average Bonchev–Trinajstić information content (AvgIpc) is 1.61. The second-order valence-electron chi connectivity index (χ2n) is 0.415. The van der Waals surface area contributed by atoms with E-state index in [1.165, 1.54) is 0 Å². The minimum Gasteiger partial charge on any atom is -0.422 e. The molecule has 0 aromatic rings. The van der Waals surface area contributed by atoms with Crippen LogP contribution in [0.25, 0.3) is 0 Å². The second kappa shape index (κ2) is 4.37. The van der Waals surface area contributed by atoms with E-state index in [1.54, 1.807) is 0 Å².